The van der Waals surface area contributed by atoms with E-state index >= 15 is 0 Å². The summed E-state index contributed by atoms with van der Waals surface area (Å²) in [5.74, 6) is 1.26. The Labute approximate surface area is 94.9 Å². The minimum absolute atomic E-state index is 0.431. The summed E-state index contributed by atoms with van der Waals surface area (Å²) < 4.78 is 0. The lowest BCUT2D eigenvalue weighted by molar-refractivity contribution is 0.626. The van der Waals surface area contributed by atoms with E-state index in [1.54, 1.807) is 6.20 Å². The molecule has 1 atom stereocenters. The molecule has 0 radical (unpaired) electrons. The van der Waals surface area contributed by atoms with E-state index in [0.717, 1.165) is 23.1 Å². The van der Waals surface area contributed by atoms with Crippen molar-refractivity contribution in [1.82, 2.24) is 10.2 Å². The molecule has 0 amide bonds. The molecule has 4 heteroatoms. The van der Waals surface area contributed by atoms with E-state index in [-0.39, 0.29) is 0 Å². The predicted octanol–water partition coefficient (Wildman–Crippen LogP) is 1.64. The summed E-state index contributed by atoms with van der Waals surface area (Å²) in [7, 11) is 0. The molecule has 4 nitrogen and oxygen atoms in total. The summed E-state index contributed by atoms with van der Waals surface area (Å²) in [6.07, 6.45) is 1.77. The van der Waals surface area contributed by atoms with Crippen LogP contribution in [0.1, 0.15) is 6.92 Å². The lowest BCUT2D eigenvalue weighted by Crippen LogP contribution is -2.20. The lowest BCUT2D eigenvalue weighted by Gasteiger charge is -2.11. The Morgan fingerprint density at radius 1 is 1.38 bits per heavy atom. The van der Waals surface area contributed by atoms with Crippen LogP contribution in [0, 0.1) is 5.92 Å². The minimum Gasteiger partial charge on any atom is -0.368 e. The number of aromatic nitrogens is 2. The maximum atomic E-state index is 5.57. The average molecular weight is 216 g/mol. The standard InChI is InChI=1S/C12H16N4/c1-9(6-13)7-14-12-11-5-3-2-4-10(11)8-15-16-12/h2-5,8-9H,6-7,13H2,1H3,(H,14,16). The maximum Gasteiger partial charge on any atom is 0.156 e. The van der Waals surface area contributed by atoms with Gasteiger partial charge in [-0.2, -0.15) is 5.10 Å². The fraction of sp³-hybridized carbons (Fsp3) is 0.333. The van der Waals surface area contributed by atoms with Crippen LogP contribution < -0.4 is 11.1 Å². The summed E-state index contributed by atoms with van der Waals surface area (Å²) >= 11 is 0. The van der Waals surface area contributed by atoms with Gasteiger partial charge in [0.25, 0.3) is 0 Å². The molecule has 3 N–H and O–H groups in total. The van der Waals surface area contributed by atoms with Gasteiger partial charge in [-0.05, 0) is 12.5 Å². The molecule has 1 aromatic heterocycles. The van der Waals surface area contributed by atoms with Crippen LogP contribution in [-0.2, 0) is 0 Å². The Hall–Kier alpha value is -1.68. The van der Waals surface area contributed by atoms with Gasteiger partial charge in [-0.15, -0.1) is 5.10 Å². The Bertz CT molecular complexity index is 464. The van der Waals surface area contributed by atoms with Gasteiger partial charge in [0.05, 0.1) is 6.20 Å². The highest BCUT2D eigenvalue weighted by Crippen LogP contribution is 2.19. The summed E-state index contributed by atoms with van der Waals surface area (Å²) in [4.78, 5) is 0. The molecule has 0 aliphatic rings. The van der Waals surface area contributed by atoms with Gasteiger partial charge in [-0.3, -0.25) is 0 Å². The van der Waals surface area contributed by atoms with Crippen LogP contribution in [0.15, 0.2) is 30.5 Å². The molecule has 0 fully saturated rings. The van der Waals surface area contributed by atoms with Gasteiger partial charge in [0.2, 0.25) is 0 Å². The molecule has 1 aromatic carbocycles. The van der Waals surface area contributed by atoms with Crippen molar-refractivity contribution in [2.24, 2.45) is 11.7 Å². The first kappa shape index (κ1) is 10.8. The zero-order valence-electron chi connectivity index (χ0n) is 9.35. The molecule has 1 heterocycles. The summed E-state index contributed by atoms with van der Waals surface area (Å²) in [5, 5.41) is 13.6. The van der Waals surface area contributed by atoms with Crippen molar-refractivity contribution in [3.8, 4) is 0 Å². The van der Waals surface area contributed by atoms with Crippen LogP contribution in [0.25, 0.3) is 10.8 Å². The summed E-state index contributed by atoms with van der Waals surface area (Å²) in [6.45, 7) is 3.59. The molecule has 0 saturated carbocycles. The highest BCUT2D eigenvalue weighted by Gasteiger charge is 2.04. The van der Waals surface area contributed by atoms with E-state index in [1.165, 1.54) is 0 Å². The van der Waals surface area contributed by atoms with E-state index in [4.69, 9.17) is 5.73 Å². The van der Waals surface area contributed by atoms with Crippen LogP contribution in [0.3, 0.4) is 0 Å². The third-order valence-corrected chi connectivity index (χ3v) is 2.59. The molecule has 16 heavy (non-hydrogen) atoms. The first-order valence-electron chi connectivity index (χ1n) is 5.45. The lowest BCUT2D eigenvalue weighted by atomic mass is 10.1. The molecule has 0 aliphatic heterocycles. The monoisotopic (exact) mass is 216 g/mol. The normalized spacial score (nSPS) is 12.6. The number of nitrogens with two attached hydrogens (primary N) is 1. The molecule has 0 bridgehead atoms. The van der Waals surface area contributed by atoms with Crippen molar-refractivity contribution in [1.29, 1.82) is 0 Å². The number of hydrogen-bond donors (Lipinski definition) is 2. The third kappa shape index (κ3) is 2.28. The van der Waals surface area contributed by atoms with E-state index in [2.05, 4.69) is 22.4 Å². The minimum atomic E-state index is 0.431. The van der Waals surface area contributed by atoms with Gasteiger partial charge in [0.15, 0.2) is 5.82 Å². The van der Waals surface area contributed by atoms with Crippen molar-refractivity contribution in [2.45, 2.75) is 6.92 Å². The van der Waals surface area contributed by atoms with E-state index in [0.29, 0.717) is 12.5 Å². The zero-order valence-corrected chi connectivity index (χ0v) is 9.35. The number of nitrogens with zero attached hydrogens (tertiary/aromatic N) is 2. The fourth-order valence-corrected chi connectivity index (χ4v) is 1.51. The van der Waals surface area contributed by atoms with E-state index in [1.807, 2.05) is 24.3 Å². The van der Waals surface area contributed by atoms with Crippen LogP contribution in [0.5, 0.6) is 0 Å². The second-order valence-corrected chi connectivity index (χ2v) is 4.00. The number of rotatable bonds is 4. The number of nitrogens with one attached hydrogen (secondary N) is 1. The van der Waals surface area contributed by atoms with Gasteiger partial charge in [0.1, 0.15) is 0 Å². The van der Waals surface area contributed by atoms with Crippen LogP contribution in [-0.4, -0.2) is 23.3 Å². The number of hydrogen-bond acceptors (Lipinski definition) is 4. The highest BCUT2D eigenvalue weighted by atomic mass is 15.2. The molecule has 84 valence electrons. The average Bonchev–Trinajstić information content (AvgIpc) is 2.35. The van der Waals surface area contributed by atoms with Gasteiger partial charge < -0.3 is 11.1 Å². The fourth-order valence-electron chi connectivity index (χ4n) is 1.51. The molecule has 0 saturated heterocycles. The molecule has 0 spiro atoms. The van der Waals surface area contributed by atoms with Crippen molar-refractivity contribution >= 4 is 16.6 Å². The second-order valence-electron chi connectivity index (χ2n) is 4.00. The third-order valence-electron chi connectivity index (χ3n) is 2.59. The number of benzene rings is 1. The Morgan fingerprint density at radius 2 is 2.19 bits per heavy atom. The van der Waals surface area contributed by atoms with Crippen LogP contribution in [0.2, 0.25) is 0 Å². The molecular weight excluding hydrogens is 200 g/mol. The van der Waals surface area contributed by atoms with Crippen molar-refractivity contribution < 1.29 is 0 Å². The molecule has 1 unspecified atom stereocenters. The van der Waals surface area contributed by atoms with E-state index < -0.39 is 0 Å². The molecule has 0 aliphatic carbocycles. The van der Waals surface area contributed by atoms with Crippen LogP contribution in [0.4, 0.5) is 5.82 Å². The summed E-state index contributed by atoms with van der Waals surface area (Å²) in [5.41, 5.74) is 5.57. The van der Waals surface area contributed by atoms with Crippen molar-refractivity contribution in [3.63, 3.8) is 0 Å². The highest BCUT2D eigenvalue weighted by molar-refractivity contribution is 5.90. The smallest absolute Gasteiger partial charge is 0.156 e. The Kier molecular flexibility index (Phi) is 3.31. The molecule has 2 aromatic rings. The van der Waals surface area contributed by atoms with Crippen LogP contribution >= 0.6 is 0 Å². The number of fused-ring (bicyclic) bond motifs is 1. The topological polar surface area (TPSA) is 63.8 Å². The van der Waals surface area contributed by atoms with Crippen molar-refractivity contribution in [3.05, 3.63) is 30.5 Å². The Balaban J connectivity index is 2.23. The largest absolute Gasteiger partial charge is 0.368 e. The van der Waals surface area contributed by atoms with Gasteiger partial charge >= 0.3 is 0 Å². The molecular formula is C12H16N4. The predicted molar refractivity (Wildman–Crippen MR) is 66.2 cm³/mol. The molecule has 2 rings (SSSR count). The quantitative estimate of drug-likeness (QED) is 0.815. The first-order chi connectivity index (χ1) is 7.81. The zero-order chi connectivity index (χ0) is 11.4. The van der Waals surface area contributed by atoms with Gasteiger partial charge in [0, 0.05) is 17.3 Å². The second kappa shape index (κ2) is 4.90. The van der Waals surface area contributed by atoms with Gasteiger partial charge in [-0.1, -0.05) is 31.2 Å². The number of anilines is 1. The Morgan fingerprint density at radius 3 is 3.00 bits per heavy atom. The van der Waals surface area contributed by atoms with Crippen molar-refractivity contribution in [2.75, 3.05) is 18.4 Å². The summed E-state index contributed by atoms with van der Waals surface area (Å²) in [6, 6.07) is 8.07. The maximum absolute atomic E-state index is 5.57. The first-order valence-corrected chi connectivity index (χ1v) is 5.45. The SMILES string of the molecule is CC(CN)CNc1nncc2ccccc12. The van der Waals surface area contributed by atoms with Gasteiger partial charge in [-0.25, -0.2) is 0 Å². The van der Waals surface area contributed by atoms with E-state index in [9.17, 15) is 0 Å².